The number of rotatable bonds is 5. The molecule has 1 N–H and O–H groups in total. The Morgan fingerprint density at radius 2 is 1.88 bits per heavy atom. The van der Waals surface area contributed by atoms with Crippen molar-refractivity contribution in [3.63, 3.8) is 0 Å². The summed E-state index contributed by atoms with van der Waals surface area (Å²) >= 11 is 3.43. The predicted octanol–water partition coefficient (Wildman–Crippen LogP) is 5.12. The highest BCUT2D eigenvalue weighted by Crippen LogP contribution is 2.28. The molecule has 5 heteroatoms. The van der Waals surface area contributed by atoms with Crippen LogP contribution in [0.25, 0.3) is 11.0 Å². The van der Waals surface area contributed by atoms with Gasteiger partial charge in [0.15, 0.2) is 0 Å². The maximum absolute atomic E-state index is 11.6. The largest absolute Gasteiger partial charge is 0.496 e. The molecule has 0 bridgehead atoms. The summed E-state index contributed by atoms with van der Waals surface area (Å²) in [6.07, 6.45) is 2.63. The topological polar surface area (TPSA) is 51.5 Å². The van der Waals surface area contributed by atoms with Gasteiger partial charge in [-0.2, -0.15) is 0 Å². The molecule has 2 aromatic carbocycles. The summed E-state index contributed by atoms with van der Waals surface area (Å²) in [5, 5.41) is 4.22. The number of hydrogen-bond acceptors (Lipinski definition) is 4. The van der Waals surface area contributed by atoms with Crippen LogP contribution in [-0.2, 0) is 6.42 Å². The van der Waals surface area contributed by atoms with E-state index in [0.29, 0.717) is 17.8 Å². The highest BCUT2D eigenvalue weighted by molar-refractivity contribution is 9.10. The van der Waals surface area contributed by atoms with Crippen molar-refractivity contribution in [3.8, 4) is 5.75 Å². The monoisotopic (exact) mass is 399 g/mol. The third-order valence-electron chi connectivity index (χ3n) is 3.87. The molecule has 3 aromatic rings. The number of allylic oxidation sites excluding steroid dienone is 2. The van der Waals surface area contributed by atoms with Crippen LogP contribution >= 0.6 is 15.9 Å². The number of anilines is 1. The standard InChI is InChI=1S/C20H18BrNO3/c1-13(22-16-8-6-15(21)7-9-16)3-10-17-18(24-2)11-4-14-5-12-19(23)25-20(14)17/h3-9,11-12,22H,10H2,1-2H3. The molecule has 0 unspecified atom stereocenters. The fraction of sp³-hybridized carbons (Fsp3) is 0.150. The Hall–Kier alpha value is -2.53. The quantitative estimate of drug-likeness (QED) is 0.604. The van der Waals surface area contributed by atoms with Gasteiger partial charge in [0.2, 0.25) is 0 Å². The zero-order chi connectivity index (χ0) is 17.8. The maximum atomic E-state index is 11.6. The van der Waals surface area contributed by atoms with E-state index < -0.39 is 0 Å². The molecule has 0 atom stereocenters. The molecule has 0 aliphatic rings. The number of methoxy groups -OCH3 is 1. The normalized spacial score (nSPS) is 11.6. The van der Waals surface area contributed by atoms with Gasteiger partial charge in [-0.3, -0.25) is 0 Å². The number of ether oxygens (including phenoxy) is 1. The fourth-order valence-corrected chi connectivity index (χ4v) is 2.89. The predicted molar refractivity (Wildman–Crippen MR) is 104 cm³/mol. The Bertz CT molecular complexity index is 974. The first-order valence-electron chi connectivity index (χ1n) is 7.86. The zero-order valence-corrected chi connectivity index (χ0v) is 15.6. The minimum absolute atomic E-state index is 0.365. The molecule has 4 nitrogen and oxygen atoms in total. The third kappa shape index (κ3) is 4.12. The van der Waals surface area contributed by atoms with Gasteiger partial charge in [-0.05, 0) is 55.8 Å². The average molecular weight is 400 g/mol. The minimum atomic E-state index is -0.365. The number of nitrogens with one attached hydrogen (secondary N) is 1. The highest BCUT2D eigenvalue weighted by atomic mass is 79.9. The number of halogens is 1. The van der Waals surface area contributed by atoms with E-state index in [1.165, 1.54) is 6.07 Å². The zero-order valence-electron chi connectivity index (χ0n) is 14.0. The van der Waals surface area contributed by atoms with Crippen molar-refractivity contribution in [2.75, 3.05) is 12.4 Å². The van der Waals surface area contributed by atoms with Crippen LogP contribution in [0.4, 0.5) is 5.69 Å². The van der Waals surface area contributed by atoms with Gasteiger partial charge in [0.1, 0.15) is 11.3 Å². The summed E-state index contributed by atoms with van der Waals surface area (Å²) in [4.78, 5) is 11.6. The lowest BCUT2D eigenvalue weighted by atomic mass is 10.1. The van der Waals surface area contributed by atoms with E-state index in [1.54, 1.807) is 13.2 Å². The van der Waals surface area contributed by atoms with Crippen LogP contribution in [0.3, 0.4) is 0 Å². The van der Waals surface area contributed by atoms with E-state index in [2.05, 4.69) is 21.2 Å². The highest BCUT2D eigenvalue weighted by Gasteiger charge is 2.10. The second-order valence-electron chi connectivity index (χ2n) is 5.64. The molecule has 3 rings (SSSR count). The van der Waals surface area contributed by atoms with E-state index >= 15 is 0 Å². The summed E-state index contributed by atoms with van der Waals surface area (Å²) < 4.78 is 11.9. The van der Waals surface area contributed by atoms with Gasteiger partial charge in [0.25, 0.3) is 0 Å². The molecular formula is C20H18BrNO3. The lowest BCUT2D eigenvalue weighted by Gasteiger charge is -2.11. The molecule has 25 heavy (non-hydrogen) atoms. The van der Waals surface area contributed by atoms with Crippen LogP contribution < -0.4 is 15.7 Å². The lowest BCUT2D eigenvalue weighted by Crippen LogP contribution is -2.00. The van der Waals surface area contributed by atoms with Crippen LogP contribution in [-0.4, -0.2) is 7.11 Å². The minimum Gasteiger partial charge on any atom is -0.496 e. The van der Waals surface area contributed by atoms with Crippen molar-refractivity contribution in [1.29, 1.82) is 0 Å². The molecule has 0 spiro atoms. The summed E-state index contributed by atoms with van der Waals surface area (Å²) in [5.41, 5.74) is 3.07. The van der Waals surface area contributed by atoms with Crippen LogP contribution in [0.2, 0.25) is 0 Å². The molecule has 0 fully saturated rings. The van der Waals surface area contributed by atoms with E-state index in [-0.39, 0.29) is 5.63 Å². The first-order chi connectivity index (χ1) is 12.1. The van der Waals surface area contributed by atoms with E-state index in [4.69, 9.17) is 9.15 Å². The number of hydrogen-bond donors (Lipinski definition) is 1. The van der Waals surface area contributed by atoms with E-state index in [0.717, 1.165) is 26.8 Å². The maximum Gasteiger partial charge on any atom is 0.336 e. The van der Waals surface area contributed by atoms with Crippen LogP contribution in [0.5, 0.6) is 5.75 Å². The molecule has 0 aliphatic carbocycles. The second kappa shape index (κ2) is 7.57. The SMILES string of the molecule is COc1ccc2ccc(=O)oc2c1CC=C(C)Nc1ccc(Br)cc1. The molecular weight excluding hydrogens is 382 g/mol. The summed E-state index contributed by atoms with van der Waals surface area (Å²) in [6.45, 7) is 2.00. The third-order valence-corrected chi connectivity index (χ3v) is 4.40. The first kappa shape index (κ1) is 17.3. The van der Waals surface area contributed by atoms with Crippen LogP contribution in [0, 0.1) is 0 Å². The molecule has 128 valence electrons. The van der Waals surface area contributed by atoms with E-state index in [9.17, 15) is 4.79 Å². The van der Waals surface area contributed by atoms with Gasteiger partial charge in [-0.15, -0.1) is 0 Å². The smallest absolute Gasteiger partial charge is 0.336 e. The Morgan fingerprint density at radius 3 is 2.60 bits per heavy atom. The van der Waals surface area contributed by atoms with Crippen molar-refractivity contribution in [2.24, 2.45) is 0 Å². The molecule has 1 heterocycles. The number of benzene rings is 2. The van der Waals surface area contributed by atoms with Gasteiger partial charge in [0.05, 0.1) is 7.11 Å². The Morgan fingerprint density at radius 1 is 1.16 bits per heavy atom. The number of fused-ring (bicyclic) bond motifs is 1. The summed E-state index contributed by atoms with van der Waals surface area (Å²) in [6, 6.07) is 14.9. The molecule has 0 saturated heterocycles. The van der Waals surface area contributed by atoms with Crippen LogP contribution in [0.1, 0.15) is 12.5 Å². The molecule has 0 aliphatic heterocycles. The van der Waals surface area contributed by atoms with Gasteiger partial charge < -0.3 is 14.5 Å². The molecule has 0 amide bonds. The van der Waals surface area contributed by atoms with Crippen molar-refractivity contribution in [1.82, 2.24) is 0 Å². The first-order valence-corrected chi connectivity index (χ1v) is 8.65. The lowest BCUT2D eigenvalue weighted by molar-refractivity contribution is 0.409. The van der Waals surface area contributed by atoms with Crippen molar-refractivity contribution >= 4 is 32.6 Å². The fourth-order valence-electron chi connectivity index (χ4n) is 2.62. The summed E-state index contributed by atoms with van der Waals surface area (Å²) in [5.74, 6) is 0.703. The van der Waals surface area contributed by atoms with Gasteiger partial charge in [-0.25, -0.2) is 4.79 Å². The van der Waals surface area contributed by atoms with Crippen molar-refractivity contribution in [2.45, 2.75) is 13.3 Å². The van der Waals surface area contributed by atoms with E-state index in [1.807, 2.05) is 49.4 Å². The Balaban J connectivity index is 1.89. The Kier molecular flexibility index (Phi) is 5.24. The second-order valence-corrected chi connectivity index (χ2v) is 6.56. The molecule has 0 saturated carbocycles. The molecule has 0 radical (unpaired) electrons. The van der Waals surface area contributed by atoms with Gasteiger partial charge in [-0.1, -0.05) is 22.0 Å². The average Bonchev–Trinajstić information content (AvgIpc) is 2.61. The molecule has 1 aromatic heterocycles. The van der Waals surface area contributed by atoms with Crippen molar-refractivity contribution < 1.29 is 9.15 Å². The van der Waals surface area contributed by atoms with Gasteiger partial charge in [0, 0.05) is 32.9 Å². The summed E-state index contributed by atoms with van der Waals surface area (Å²) in [7, 11) is 1.61. The van der Waals surface area contributed by atoms with Crippen LogP contribution in [0.15, 0.2) is 74.0 Å². The van der Waals surface area contributed by atoms with Gasteiger partial charge >= 0.3 is 5.63 Å². The van der Waals surface area contributed by atoms with Crippen molar-refractivity contribution in [3.05, 3.63) is 80.8 Å². The Labute approximate surface area is 154 Å².